The molecule has 0 aliphatic heterocycles. The average Bonchev–Trinajstić information content (AvgIpc) is 3.40. The highest BCUT2D eigenvalue weighted by molar-refractivity contribution is 7.99. The molecule has 0 aliphatic carbocycles. The average molecular weight is 616 g/mol. The van der Waals surface area contributed by atoms with Crippen molar-refractivity contribution in [2.75, 3.05) is 22.9 Å². The van der Waals surface area contributed by atoms with Gasteiger partial charge < -0.3 is 10.1 Å². The molecule has 0 bridgehead atoms. The monoisotopic (exact) mass is 615 g/mol. The molecule has 5 rings (SSSR count). The zero-order valence-electron chi connectivity index (χ0n) is 23.9. The minimum atomic E-state index is -3.88. The van der Waals surface area contributed by atoms with Gasteiger partial charge in [0.25, 0.3) is 10.0 Å². The lowest BCUT2D eigenvalue weighted by molar-refractivity contribution is -0.113. The molecule has 5 aromatic rings. The summed E-state index contributed by atoms with van der Waals surface area (Å²) in [7, 11) is -2.27. The number of aryl methyl sites for hydroxylation is 3. The fourth-order valence-corrected chi connectivity index (χ4v) is 5.97. The Balaban J connectivity index is 1.28. The quantitative estimate of drug-likeness (QED) is 0.203. The molecule has 0 aliphatic rings. The minimum absolute atomic E-state index is 0.0334. The normalized spacial score (nSPS) is 11.3. The largest absolute Gasteiger partial charge is 0.497 e. The molecule has 220 valence electrons. The molecule has 0 unspecified atom stereocenters. The standard InChI is InChI=1S/C30H29N7O4S2/c1-19-5-11-24(12-6-19)37-29(22-7-13-25(41-4)14-8-22)34-35-30(37)42-18-28(38)33-23-9-15-26(16-10-23)43(39,40)36-27-17-20(2)31-21(3)32-27/h5-17H,18H2,1-4H3,(H,33,38)(H,31,32,36). The van der Waals surface area contributed by atoms with Gasteiger partial charge in [-0.1, -0.05) is 29.5 Å². The Hall–Kier alpha value is -4.75. The first kappa shape index (κ1) is 29.7. The second-order valence-corrected chi connectivity index (χ2v) is 12.2. The van der Waals surface area contributed by atoms with Gasteiger partial charge in [-0.2, -0.15) is 0 Å². The fourth-order valence-electron chi connectivity index (χ4n) is 4.23. The maximum absolute atomic E-state index is 12.9. The van der Waals surface area contributed by atoms with E-state index in [4.69, 9.17) is 4.74 Å². The van der Waals surface area contributed by atoms with Gasteiger partial charge in [0.2, 0.25) is 5.91 Å². The number of thioether (sulfide) groups is 1. The third-order valence-electron chi connectivity index (χ3n) is 6.26. The summed E-state index contributed by atoms with van der Waals surface area (Å²) in [4.78, 5) is 21.2. The Morgan fingerprint density at radius 1 is 0.907 bits per heavy atom. The van der Waals surface area contributed by atoms with Crippen molar-refractivity contribution in [1.82, 2.24) is 24.7 Å². The number of aromatic nitrogens is 5. The number of sulfonamides is 1. The first-order valence-corrected chi connectivity index (χ1v) is 15.6. The van der Waals surface area contributed by atoms with Crippen LogP contribution < -0.4 is 14.8 Å². The number of hydrogen-bond donors (Lipinski definition) is 2. The van der Waals surface area contributed by atoms with Crippen molar-refractivity contribution in [3.63, 3.8) is 0 Å². The van der Waals surface area contributed by atoms with E-state index < -0.39 is 10.0 Å². The lowest BCUT2D eigenvalue weighted by atomic mass is 10.2. The zero-order chi connectivity index (χ0) is 30.6. The molecule has 1 amide bonds. The van der Waals surface area contributed by atoms with Crippen molar-refractivity contribution >= 4 is 39.2 Å². The summed E-state index contributed by atoms with van der Waals surface area (Å²) in [6.45, 7) is 5.46. The molecule has 3 aromatic carbocycles. The highest BCUT2D eigenvalue weighted by Gasteiger charge is 2.19. The number of carbonyl (C=O) groups is 1. The number of nitrogens with one attached hydrogen (secondary N) is 2. The van der Waals surface area contributed by atoms with Crippen molar-refractivity contribution in [1.29, 1.82) is 0 Å². The molecule has 2 heterocycles. The third-order valence-corrected chi connectivity index (χ3v) is 8.56. The number of nitrogens with zero attached hydrogens (tertiary/aromatic N) is 5. The minimum Gasteiger partial charge on any atom is -0.497 e. The van der Waals surface area contributed by atoms with E-state index in [0.717, 1.165) is 22.6 Å². The summed E-state index contributed by atoms with van der Waals surface area (Å²) in [5.74, 6) is 1.79. The van der Waals surface area contributed by atoms with Crippen molar-refractivity contribution in [2.24, 2.45) is 0 Å². The van der Waals surface area contributed by atoms with E-state index in [1.54, 1.807) is 27.0 Å². The van der Waals surface area contributed by atoms with E-state index >= 15 is 0 Å². The van der Waals surface area contributed by atoms with Crippen LogP contribution in [0.3, 0.4) is 0 Å². The molecule has 13 heteroatoms. The molecule has 11 nitrogen and oxygen atoms in total. The summed E-state index contributed by atoms with van der Waals surface area (Å²) >= 11 is 1.24. The molecular weight excluding hydrogens is 587 g/mol. The summed E-state index contributed by atoms with van der Waals surface area (Å²) in [5.41, 5.74) is 3.93. The van der Waals surface area contributed by atoms with Crippen LogP contribution in [-0.4, -0.2) is 51.9 Å². The molecule has 0 atom stereocenters. The molecule has 0 saturated heterocycles. The number of ether oxygens (including phenoxy) is 1. The predicted octanol–water partition coefficient (Wildman–Crippen LogP) is 5.19. The van der Waals surface area contributed by atoms with Crippen LogP contribution in [0, 0.1) is 20.8 Å². The second kappa shape index (κ2) is 12.6. The maximum atomic E-state index is 12.9. The van der Waals surface area contributed by atoms with Crippen LogP contribution in [-0.2, 0) is 14.8 Å². The molecule has 2 aromatic heterocycles. The van der Waals surface area contributed by atoms with Crippen LogP contribution in [0.2, 0.25) is 0 Å². The topological polar surface area (TPSA) is 141 Å². The van der Waals surface area contributed by atoms with Gasteiger partial charge in [0.05, 0.1) is 17.8 Å². The van der Waals surface area contributed by atoms with Crippen LogP contribution in [0.15, 0.2) is 88.9 Å². The van der Waals surface area contributed by atoms with Gasteiger partial charge in [0.15, 0.2) is 11.0 Å². The summed E-state index contributed by atoms with van der Waals surface area (Å²) in [6.07, 6.45) is 0. The fraction of sp³-hybridized carbons (Fsp3) is 0.167. The Morgan fingerprint density at radius 3 is 2.26 bits per heavy atom. The Labute approximate surface area is 253 Å². The first-order chi connectivity index (χ1) is 20.6. The van der Waals surface area contributed by atoms with E-state index in [1.807, 2.05) is 60.0 Å². The van der Waals surface area contributed by atoms with Crippen LogP contribution in [0.25, 0.3) is 17.1 Å². The number of carbonyl (C=O) groups excluding carboxylic acids is 1. The highest BCUT2D eigenvalue weighted by Crippen LogP contribution is 2.29. The number of amides is 1. The molecule has 43 heavy (non-hydrogen) atoms. The van der Waals surface area contributed by atoms with E-state index in [2.05, 4.69) is 30.2 Å². The SMILES string of the molecule is COc1ccc(-c2nnc(SCC(=O)Nc3ccc(S(=O)(=O)Nc4cc(C)nc(C)n4)cc3)n2-c2ccc(C)cc2)cc1. The Morgan fingerprint density at radius 2 is 1.60 bits per heavy atom. The van der Waals surface area contributed by atoms with Gasteiger partial charge in [-0.15, -0.1) is 10.2 Å². The highest BCUT2D eigenvalue weighted by atomic mass is 32.2. The van der Waals surface area contributed by atoms with Gasteiger partial charge in [-0.25, -0.2) is 18.4 Å². The van der Waals surface area contributed by atoms with Gasteiger partial charge in [0, 0.05) is 28.7 Å². The molecular formula is C30H29N7O4S2. The smallest absolute Gasteiger partial charge is 0.263 e. The molecule has 2 N–H and O–H groups in total. The number of methoxy groups -OCH3 is 1. The van der Waals surface area contributed by atoms with E-state index in [-0.39, 0.29) is 22.4 Å². The lowest BCUT2D eigenvalue weighted by Crippen LogP contribution is -2.16. The van der Waals surface area contributed by atoms with Crippen LogP contribution >= 0.6 is 11.8 Å². The predicted molar refractivity (Wildman–Crippen MR) is 166 cm³/mol. The van der Waals surface area contributed by atoms with Crippen molar-refractivity contribution in [3.05, 3.63) is 95.9 Å². The van der Waals surface area contributed by atoms with Gasteiger partial charge in [-0.3, -0.25) is 14.1 Å². The van der Waals surface area contributed by atoms with Crippen molar-refractivity contribution in [2.45, 2.75) is 30.8 Å². The molecule has 0 saturated carbocycles. The van der Waals surface area contributed by atoms with Crippen molar-refractivity contribution in [3.8, 4) is 22.8 Å². The summed E-state index contributed by atoms with van der Waals surface area (Å²) in [5, 5.41) is 12.2. The number of rotatable bonds is 10. The van der Waals surface area contributed by atoms with Crippen LogP contribution in [0.5, 0.6) is 5.75 Å². The first-order valence-electron chi connectivity index (χ1n) is 13.2. The maximum Gasteiger partial charge on any atom is 0.263 e. The van der Waals surface area contributed by atoms with Gasteiger partial charge in [-0.05, 0) is 81.4 Å². The van der Waals surface area contributed by atoms with Crippen molar-refractivity contribution < 1.29 is 17.9 Å². The second-order valence-electron chi connectivity index (χ2n) is 9.61. The number of hydrogen-bond acceptors (Lipinski definition) is 9. The molecule has 0 spiro atoms. The van der Waals surface area contributed by atoms with Crippen LogP contribution in [0.4, 0.5) is 11.5 Å². The Bertz CT molecular complexity index is 1840. The zero-order valence-corrected chi connectivity index (χ0v) is 25.5. The van der Waals surface area contributed by atoms with E-state index in [9.17, 15) is 13.2 Å². The number of benzene rings is 3. The summed E-state index contributed by atoms with van der Waals surface area (Å²) in [6, 6.07) is 22.9. The van der Waals surface area contributed by atoms with Crippen LogP contribution in [0.1, 0.15) is 17.1 Å². The van der Waals surface area contributed by atoms with Gasteiger partial charge in [0.1, 0.15) is 17.4 Å². The van der Waals surface area contributed by atoms with Gasteiger partial charge >= 0.3 is 0 Å². The Kier molecular flexibility index (Phi) is 8.73. The molecule has 0 fully saturated rings. The van der Waals surface area contributed by atoms with E-state index in [0.29, 0.717) is 28.2 Å². The van der Waals surface area contributed by atoms with E-state index in [1.165, 1.54) is 36.0 Å². The summed E-state index contributed by atoms with van der Waals surface area (Å²) < 4.78 is 35.3. The third kappa shape index (κ3) is 7.19. The number of anilines is 2. The lowest BCUT2D eigenvalue weighted by Gasteiger charge is -2.12. The molecule has 0 radical (unpaired) electrons.